The van der Waals surface area contributed by atoms with Crippen LogP contribution in [0.15, 0.2) is 39.2 Å². The Morgan fingerprint density at radius 3 is 2.57 bits per heavy atom. The Labute approximate surface area is 201 Å². The van der Waals surface area contributed by atoms with Gasteiger partial charge in [0.25, 0.3) is 5.56 Å². The molecule has 4 rings (SSSR count). The first-order chi connectivity index (χ1) is 16.6. The number of imidazole rings is 1. The normalized spacial score (nSPS) is 11.8. The fourth-order valence-electron chi connectivity index (χ4n) is 3.53. The molecule has 35 heavy (non-hydrogen) atoms. The number of thiazole rings is 1. The van der Waals surface area contributed by atoms with Crippen molar-refractivity contribution in [3.8, 4) is 17.5 Å². The van der Waals surface area contributed by atoms with Crippen molar-refractivity contribution in [1.29, 1.82) is 0 Å². The van der Waals surface area contributed by atoms with E-state index in [-0.39, 0.29) is 54.8 Å². The smallest absolute Gasteiger partial charge is 0.394 e. The molecule has 0 aliphatic rings. The zero-order valence-electron chi connectivity index (χ0n) is 19.2. The molecule has 0 aliphatic carbocycles. The fourth-order valence-corrected chi connectivity index (χ4v) is 4.29. The maximum atomic E-state index is 13.3. The molecule has 0 saturated heterocycles. The number of hydrogen-bond acceptors (Lipinski definition) is 8. The van der Waals surface area contributed by atoms with Gasteiger partial charge in [-0.05, 0) is 25.5 Å². The van der Waals surface area contributed by atoms with Gasteiger partial charge in [0.15, 0.2) is 11.2 Å². The van der Waals surface area contributed by atoms with Gasteiger partial charge in [-0.15, -0.1) is 11.3 Å². The van der Waals surface area contributed by atoms with Crippen LogP contribution in [0.2, 0.25) is 0 Å². The monoisotopic (exact) mass is 507 g/mol. The Balaban J connectivity index is 1.86. The Morgan fingerprint density at radius 1 is 1.17 bits per heavy atom. The Bertz CT molecular complexity index is 1480. The first kappa shape index (κ1) is 24.5. The highest BCUT2D eigenvalue weighted by atomic mass is 32.1. The lowest BCUT2D eigenvalue weighted by Gasteiger charge is -2.14. The summed E-state index contributed by atoms with van der Waals surface area (Å²) < 4.78 is 40.9. The van der Waals surface area contributed by atoms with Gasteiger partial charge >= 0.3 is 17.8 Å². The Kier molecular flexibility index (Phi) is 6.72. The largest absolute Gasteiger partial charge is 0.433 e. The molecular formula is C22H23F2N5O5S. The zero-order chi connectivity index (χ0) is 25.3. The number of alkyl halides is 2. The third-order valence-electron chi connectivity index (χ3n) is 5.01. The van der Waals surface area contributed by atoms with E-state index in [1.807, 2.05) is 12.3 Å². The summed E-state index contributed by atoms with van der Waals surface area (Å²) in [6, 6.07) is 5.60. The minimum Gasteiger partial charge on any atom is -0.433 e. The van der Waals surface area contributed by atoms with E-state index < -0.39 is 17.4 Å². The predicted molar refractivity (Wildman–Crippen MR) is 125 cm³/mol. The summed E-state index contributed by atoms with van der Waals surface area (Å²) in [5, 5.41) is 11.7. The van der Waals surface area contributed by atoms with E-state index in [9.17, 15) is 23.5 Å². The number of aliphatic hydroxyl groups excluding tert-OH is 1. The van der Waals surface area contributed by atoms with Gasteiger partial charge in [0.2, 0.25) is 0 Å². The first-order valence-corrected chi connectivity index (χ1v) is 11.5. The van der Waals surface area contributed by atoms with Crippen LogP contribution in [0.5, 0.6) is 17.5 Å². The number of ether oxygens (including phenoxy) is 2. The number of halogens is 2. The molecule has 3 heterocycles. The summed E-state index contributed by atoms with van der Waals surface area (Å²) in [6.07, 6.45) is -3.16. The lowest BCUT2D eigenvalue weighted by molar-refractivity contribution is -0.159. The number of nitrogens with zero attached hydrogens (tertiary/aromatic N) is 5. The summed E-state index contributed by atoms with van der Waals surface area (Å²) in [5.41, 5.74) is -0.167. The second kappa shape index (κ2) is 9.58. The lowest BCUT2D eigenvalue weighted by Crippen LogP contribution is -2.39. The molecule has 0 radical (unpaired) electrons. The standard InChI is InChI=1S/C22H23F2N5O5S/c1-13-12-35-16(25-13)11-29-17-18(27(3)21(32)28(19(17)31)8-5-9-30)26-20(29)33-14-6-4-7-15(10-14)34-22(2,23)24/h4,6-7,10,12,30H,5,8-9,11H2,1-3H3. The van der Waals surface area contributed by atoms with E-state index in [2.05, 4.69) is 14.7 Å². The average Bonchev–Trinajstić information content (AvgIpc) is 3.35. The number of fused-ring (bicyclic) bond motifs is 1. The molecule has 13 heteroatoms. The number of benzene rings is 1. The Hall–Kier alpha value is -3.58. The predicted octanol–water partition coefficient (Wildman–Crippen LogP) is 2.88. The van der Waals surface area contributed by atoms with Crippen LogP contribution in [0.3, 0.4) is 0 Å². The van der Waals surface area contributed by atoms with Gasteiger partial charge in [0, 0.05) is 44.3 Å². The van der Waals surface area contributed by atoms with Crippen molar-refractivity contribution < 1.29 is 23.4 Å². The molecule has 3 aromatic heterocycles. The summed E-state index contributed by atoms with van der Waals surface area (Å²) in [6.45, 7) is 2.43. The number of aromatic nitrogens is 5. The molecule has 186 valence electrons. The summed E-state index contributed by atoms with van der Waals surface area (Å²) in [4.78, 5) is 34.9. The van der Waals surface area contributed by atoms with E-state index >= 15 is 0 Å². The summed E-state index contributed by atoms with van der Waals surface area (Å²) >= 11 is 1.38. The summed E-state index contributed by atoms with van der Waals surface area (Å²) in [5.74, 6) is 0.0243. The molecule has 0 amide bonds. The molecule has 0 bridgehead atoms. The number of aliphatic hydroxyl groups is 1. The highest BCUT2D eigenvalue weighted by Crippen LogP contribution is 2.30. The van der Waals surface area contributed by atoms with Crippen molar-refractivity contribution >= 4 is 22.5 Å². The van der Waals surface area contributed by atoms with Gasteiger partial charge < -0.3 is 14.6 Å². The fraction of sp³-hybridized carbons (Fsp3) is 0.364. The minimum atomic E-state index is -3.38. The highest BCUT2D eigenvalue weighted by molar-refractivity contribution is 7.09. The van der Waals surface area contributed by atoms with E-state index in [4.69, 9.17) is 4.74 Å². The van der Waals surface area contributed by atoms with Crippen LogP contribution in [0.1, 0.15) is 24.0 Å². The van der Waals surface area contributed by atoms with E-state index in [0.717, 1.165) is 10.3 Å². The lowest BCUT2D eigenvalue weighted by atomic mass is 10.3. The topological polar surface area (TPSA) is 113 Å². The molecule has 10 nitrogen and oxygen atoms in total. The molecule has 1 N–H and O–H groups in total. The SMILES string of the molecule is Cc1csc(Cn2c(Oc3cccc(OC(C)(F)F)c3)nc3c2c(=O)n(CCCO)c(=O)n3C)n1. The van der Waals surface area contributed by atoms with Gasteiger partial charge in [0.05, 0.1) is 6.54 Å². The highest BCUT2D eigenvalue weighted by Gasteiger charge is 2.25. The van der Waals surface area contributed by atoms with Gasteiger partial charge in [-0.1, -0.05) is 6.07 Å². The third kappa shape index (κ3) is 5.25. The molecule has 0 saturated carbocycles. The van der Waals surface area contributed by atoms with Gasteiger partial charge in [-0.2, -0.15) is 13.8 Å². The van der Waals surface area contributed by atoms with E-state index in [1.54, 1.807) is 0 Å². The molecule has 0 aliphatic heterocycles. The third-order valence-corrected chi connectivity index (χ3v) is 5.96. The summed E-state index contributed by atoms with van der Waals surface area (Å²) in [7, 11) is 1.48. The number of hydrogen-bond donors (Lipinski definition) is 1. The van der Waals surface area contributed by atoms with Crippen molar-refractivity contribution in [2.45, 2.75) is 39.5 Å². The molecule has 1 aromatic carbocycles. The molecule has 0 atom stereocenters. The second-order valence-corrected chi connectivity index (χ2v) is 8.84. The first-order valence-electron chi connectivity index (χ1n) is 10.6. The minimum absolute atomic E-state index is 0.0275. The molecule has 0 unspecified atom stereocenters. The van der Waals surface area contributed by atoms with Crippen LogP contribution >= 0.6 is 11.3 Å². The van der Waals surface area contributed by atoms with Crippen LogP contribution in [-0.4, -0.2) is 41.5 Å². The van der Waals surface area contributed by atoms with Crippen LogP contribution in [0, 0.1) is 6.92 Å². The molecule has 0 fully saturated rings. The van der Waals surface area contributed by atoms with Crippen LogP contribution in [-0.2, 0) is 20.1 Å². The quantitative estimate of drug-likeness (QED) is 0.371. The van der Waals surface area contributed by atoms with Crippen LogP contribution in [0.25, 0.3) is 11.2 Å². The molecule has 4 aromatic rings. The van der Waals surface area contributed by atoms with E-state index in [0.29, 0.717) is 11.9 Å². The van der Waals surface area contributed by atoms with E-state index in [1.165, 1.54) is 51.8 Å². The van der Waals surface area contributed by atoms with Crippen molar-refractivity contribution in [2.75, 3.05) is 6.61 Å². The van der Waals surface area contributed by atoms with Crippen molar-refractivity contribution in [2.24, 2.45) is 7.05 Å². The van der Waals surface area contributed by atoms with Crippen molar-refractivity contribution in [1.82, 2.24) is 23.7 Å². The number of aryl methyl sites for hydroxylation is 2. The van der Waals surface area contributed by atoms with Gasteiger partial charge in [-0.25, -0.2) is 9.78 Å². The maximum absolute atomic E-state index is 13.3. The van der Waals surface area contributed by atoms with Crippen molar-refractivity contribution in [3.05, 3.63) is 61.2 Å². The molecular weight excluding hydrogens is 484 g/mol. The van der Waals surface area contributed by atoms with Gasteiger partial charge in [0.1, 0.15) is 16.5 Å². The zero-order valence-corrected chi connectivity index (χ0v) is 20.0. The van der Waals surface area contributed by atoms with Crippen LogP contribution < -0.4 is 20.7 Å². The average molecular weight is 508 g/mol. The second-order valence-electron chi connectivity index (χ2n) is 7.90. The van der Waals surface area contributed by atoms with Gasteiger partial charge in [-0.3, -0.25) is 18.5 Å². The van der Waals surface area contributed by atoms with Crippen LogP contribution in [0.4, 0.5) is 8.78 Å². The maximum Gasteiger partial charge on any atom is 0.394 e. The molecule has 0 spiro atoms. The Morgan fingerprint density at radius 2 is 1.91 bits per heavy atom. The number of rotatable bonds is 9. The van der Waals surface area contributed by atoms with Crippen molar-refractivity contribution in [3.63, 3.8) is 0 Å².